The highest BCUT2D eigenvalue weighted by molar-refractivity contribution is 6.39. The normalized spacial score (nSPS) is 11.3. The molecule has 0 aliphatic carbocycles. The number of nitrogens with one attached hydrogen (secondary N) is 2. The molecule has 0 bridgehead atoms. The SMILES string of the molecule is COc1nc(-c2cccc(-c3cccc(NC(=O)c4ccnn(C)c4=O)c3Cl)c2Cl)ccc1CNCC(C)(C)C(C)=O. The number of anilines is 1. The van der Waals surface area contributed by atoms with E-state index in [0.29, 0.717) is 52.1 Å². The number of carbonyl (C=O) groups excluding carboxylic acids is 2. The van der Waals surface area contributed by atoms with E-state index in [1.54, 1.807) is 32.2 Å². The van der Waals surface area contributed by atoms with Gasteiger partial charge in [-0.3, -0.25) is 14.4 Å². The van der Waals surface area contributed by atoms with Gasteiger partial charge in [-0.15, -0.1) is 0 Å². The van der Waals surface area contributed by atoms with Crippen molar-refractivity contribution in [1.29, 1.82) is 0 Å². The maximum Gasteiger partial charge on any atom is 0.279 e. The Balaban J connectivity index is 1.62. The minimum absolute atomic E-state index is 0.0600. The van der Waals surface area contributed by atoms with Crippen LogP contribution in [0, 0.1) is 5.41 Å². The molecule has 2 aromatic heterocycles. The van der Waals surface area contributed by atoms with E-state index in [1.165, 1.54) is 19.3 Å². The van der Waals surface area contributed by atoms with Gasteiger partial charge in [0.2, 0.25) is 5.88 Å². The van der Waals surface area contributed by atoms with Crippen LogP contribution in [0.1, 0.15) is 36.7 Å². The average Bonchev–Trinajstić information content (AvgIpc) is 2.96. The summed E-state index contributed by atoms with van der Waals surface area (Å²) < 4.78 is 6.65. The summed E-state index contributed by atoms with van der Waals surface area (Å²) in [5.41, 5.74) is 2.57. The van der Waals surface area contributed by atoms with Crippen LogP contribution in [0.3, 0.4) is 0 Å². The predicted octanol–water partition coefficient (Wildman–Crippen LogP) is 5.78. The van der Waals surface area contributed by atoms with Crippen molar-refractivity contribution < 1.29 is 14.3 Å². The van der Waals surface area contributed by atoms with E-state index in [1.807, 2.05) is 44.2 Å². The lowest BCUT2D eigenvalue weighted by Gasteiger charge is -2.22. The molecule has 0 radical (unpaired) electrons. The molecule has 0 unspecified atom stereocenters. The van der Waals surface area contributed by atoms with Crippen molar-refractivity contribution in [3.8, 4) is 28.3 Å². The molecular weight excluding hydrogens is 577 g/mol. The zero-order valence-corrected chi connectivity index (χ0v) is 25.4. The van der Waals surface area contributed by atoms with Crippen molar-refractivity contribution in [2.24, 2.45) is 12.5 Å². The molecule has 218 valence electrons. The highest BCUT2D eigenvalue weighted by atomic mass is 35.5. The van der Waals surface area contributed by atoms with Crippen molar-refractivity contribution in [2.45, 2.75) is 27.3 Å². The Bertz CT molecular complexity index is 1720. The first-order chi connectivity index (χ1) is 19.9. The monoisotopic (exact) mass is 607 g/mol. The number of nitrogens with zero attached hydrogens (tertiary/aromatic N) is 3. The second-order valence-electron chi connectivity index (χ2n) is 10.4. The summed E-state index contributed by atoms with van der Waals surface area (Å²) in [5, 5.41) is 10.5. The van der Waals surface area contributed by atoms with Gasteiger partial charge in [-0.1, -0.05) is 73.4 Å². The van der Waals surface area contributed by atoms with Crippen molar-refractivity contribution in [2.75, 3.05) is 19.0 Å². The van der Waals surface area contributed by atoms with Gasteiger partial charge in [-0.2, -0.15) is 5.10 Å². The Morgan fingerprint density at radius 2 is 1.64 bits per heavy atom. The lowest BCUT2D eigenvalue weighted by Crippen LogP contribution is -2.34. The second kappa shape index (κ2) is 12.9. The number of Topliss-reactive ketones (excluding diaryl/α,β-unsaturated/α-hetero) is 1. The van der Waals surface area contributed by atoms with Crippen LogP contribution in [0.4, 0.5) is 5.69 Å². The molecule has 0 saturated heterocycles. The number of hydrogen-bond donors (Lipinski definition) is 2. The first-order valence-corrected chi connectivity index (χ1v) is 13.9. The molecule has 9 nitrogen and oxygen atoms in total. The fourth-order valence-electron chi connectivity index (χ4n) is 4.21. The first-order valence-electron chi connectivity index (χ1n) is 13.1. The number of aromatic nitrogens is 3. The summed E-state index contributed by atoms with van der Waals surface area (Å²) in [4.78, 5) is 41.7. The number of ketones is 1. The van der Waals surface area contributed by atoms with E-state index >= 15 is 0 Å². The molecular formula is C31H31Cl2N5O4. The maximum absolute atomic E-state index is 12.8. The Labute approximate surface area is 253 Å². The van der Waals surface area contributed by atoms with Crippen molar-refractivity contribution in [3.05, 3.63) is 92.3 Å². The third-order valence-electron chi connectivity index (χ3n) is 7.03. The molecule has 11 heteroatoms. The zero-order valence-electron chi connectivity index (χ0n) is 23.9. The van der Waals surface area contributed by atoms with Crippen LogP contribution in [-0.4, -0.2) is 40.1 Å². The molecule has 4 rings (SSSR count). The summed E-state index contributed by atoms with van der Waals surface area (Å²) in [7, 11) is 3.02. The van der Waals surface area contributed by atoms with Gasteiger partial charge in [0.05, 0.1) is 28.5 Å². The molecule has 0 aliphatic rings. The number of amides is 1. The predicted molar refractivity (Wildman–Crippen MR) is 165 cm³/mol. The summed E-state index contributed by atoms with van der Waals surface area (Å²) in [6.45, 7) is 6.37. The van der Waals surface area contributed by atoms with Gasteiger partial charge in [0.1, 0.15) is 11.3 Å². The molecule has 1 amide bonds. The molecule has 2 N–H and O–H groups in total. The molecule has 0 fully saturated rings. The summed E-state index contributed by atoms with van der Waals surface area (Å²) in [5.74, 6) is -0.0581. The van der Waals surface area contributed by atoms with Crippen molar-refractivity contribution in [1.82, 2.24) is 20.1 Å². The molecule has 4 aromatic rings. The number of ether oxygens (including phenoxy) is 1. The Morgan fingerprint density at radius 1 is 0.976 bits per heavy atom. The van der Waals surface area contributed by atoms with Crippen molar-refractivity contribution >= 4 is 40.6 Å². The molecule has 42 heavy (non-hydrogen) atoms. The number of benzene rings is 2. The van der Waals surface area contributed by atoms with Gasteiger partial charge >= 0.3 is 0 Å². The molecule has 2 aromatic carbocycles. The van der Waals surface area contributed by atoms with Gasteiger partial charge < -0.3 is 15.4 Å². The highest BCUT2D eigenvalue weighted by Crippen LogP contribution is 2.41. The van der Waals surface area contributed by atoms with Crippen LogP contribution in [-0.2, 0) is 18.4 Å². The van der Waals surface area contributed by atoms with Crippen LogP contribution in [0.25, 0.3) is 22.4 Å². The number of pyridine rings is 1. The van der Waals surface area contributed by atoms with Gasteiger partial charge in [0.25, 0.3) is 11.5 Å². The van der Waals surface area contributed by atoms with E-state index in [9.17, 15) is 14.4 Å². The maximum atomic E-state index is 12.8. The summed E-state index contributed by atoms with van der Waals surface area (Å²) in [6.07, 6.45) is 1.38. The third-order valence-corrected chi connectivity index (χ3v) is 7.84. The van der Waals surface area contributed by atoms with Gasteiger partial charge in [0, 0.05) is 54.0 Å². The number of halogens is 2. The van der Waals surface area contributed by atoms with Crippen LogP contribution < -0.4 is 20.9 Å². The van der Waals surface area contributed by atoms with Gasteiger partial charge in [-0.05, 0) is 25.1 Å². The average molecular weight is 609 g/mol. The minimum atomic E-state index is -0.604. The zero-order chi connectivity index (χ0) is 30.6. The first kappa shape index (κ1) is 30.9. The van der Waals surface area contributed by atoms with Crippen LogP contribution >= 0.6 is 23.2 Å². The summed E-state index contributed by atoms with van der Waals surface area (Å²) in [6, 6.07) is 15.8. The summed E-state index contributed by atoms with van der Waals surface area (Å²) >= 11 is 13.7. The fraction of sp³-hybridized carbons (Fsp3) is 0.258. The van der Waals surface area contributed by atoms with E-state index in [2.05, 4.69) is 15.7 Å². The van der Waals surface area contributed by atoms with E-state index in [-0.39, 0.29) is 16.4 Å². The van der Waals surface area contributed by atoms with Gasteiger partial charge in [0.15, 0.2) is 0 Å². The number of aryl methyl sites for hydroxylation is 1. The van der Waals surface area contributed by atoms with Crippen LogP contribution in [0.5, 0.6) is 5.88 Å². The van der Waals surface area contributed by atoms with Crippen LogP contribution in [0.15, 0.2) is 65.6 Å². The smallest absolute Gasteiger partial charge is 0.279 e. The van der Waals surface area contributed by atoms with E-state index in [4.69, 9.17) is 32.9 Å². The molecule has 0 spiro atoms. The Hall–Kier alpha value is -4.05. The number of hydrogen-bond acceptors (Lipinski definition) is 7. The quantitative estimate of drug-likeness (QED) is 0.235. The largest absolute Gasteiger partial charge is 0.481 e. The van der Waals surface area contributed by atoms with E-state index < -0.39 is 16.9 Å². The minimum Gasteiger partial charge on any atom is -0.481 e. The molecule has 2 heterocycles. The standard InChI is InChI=1S/C31H31Cl2N5O4/c1-18(39)31(2,3)17-34-16-19-12-13-24(37-29(19)42-5)22-10-6-8-20(26(22)32)21-9-7-11-25(27(21)33)36-28(40)23-14-15-35-38(4)30(23)41/h6-15,34H,16-17H2,1-5H3,(H,36,40). The van der Waals surface area contributed by atoms with Crippen LogP contribution in [0.2, 0.25) is 10.0 Å². The topological polar surface area (TPSA) is 115 Å². The second-order valence-corrected chi connectivity index (χ2v) is 11.1. The van der Waals surface area contributed by atoms with E-state index in [0.717, 1.165) is 10.2 Å². The fourth-order valence-corrected chi connectivity index (χ4v) is 4.81. The lowest BCUT2D eigenvalue weighted by atomic mass is 9.89. The number of carbonyl (C=O) groups is 2. The van der Waals surface area contributed by atoms with Gasteiger partial charge in [-0.25, -0.2) is 9.67 Å². The lowest BCUT2D eigenvalue weighted by molar-refractivity contribution is -0.124. The number of methoxy groups -OCH3 is 1. The molecule has 0 aliphatic heterocycles. The highest BCUT2D eigenvalue weighted by Gasteiger charge is 2.23. The Morgan fingerprint density at radius 3 is 2.33 bits per heavy atom. The molecule has 0 atom stereocenters. The Kier molecular flexibility index (Phi) is 9.46. The third kappa shape index (κ3) is 6.54. The number of rotatable bonds is 10. The molecule has 0 saturated carbocycles. The van der Waals surface area contributed by atoms with Crippen molar-refractivity contribution in [3.63, 3.8) is 0 Å².